The lowest BCUT2D eigenvalue weighted by molar-refractivity contribution is -0.132. The van der Waals surface area contributed by atoms with Crippen molar-refractivity contribution in [2.45, 2.75) is 16.1 Å². The molecule has 1 N–H and O–H groups in total. The van der Waals surface area contributed by atoms with Crippen LogP contribution in [0.4, 0.5) is 5.13 Å². The maximum atomic E-state index is 13.4. The summed E-state index contributed by atoms with van der Waals surface area (Å²) in [7, 11) is 0. The number of carbonyl (C=O) groups excluding carboxylic acids is 2. The number of carbonyl (C=O) groups is 2. The summed E-state index contributed by atoms with van der Waals surface area (Å²) in [5, 5.41) is 20.3. The van der Waals surface area contributed by atoms with Crippen LogP contribution in [0.1, 0.15) is 22.7 Å². The van der Waals surface area contributed by atoms with Crippen molar-refractivity contribution in [1.29, 1.82) is 0 Å². The number of ether oxygens (including phenoxy) is 2. The summed E-state index contributed by atoms with van der Waals surface area (Å²) >= 11 is 4.93. The molecule has 0 aliphatic carbocycles. The molecule has 1 fully saturated rings. The molecule has 1 atom stereocenters. The highest BCUT2D eigenvalue weighted by Crippen LogP contribution is 2.45. The van der Waals surface area contributed by atoms with Crippen LogP contribution in [0.5, 0.6) is 11.5 Å². The number of aliphatic hydroxyl groups is 1. The fourth-order valence-electron chi connectivity index (χ4n) is 4.41. The molecule has 3 aromatic carbocycles. The third-order valence-corrected chi connectivity index (χ3v) is 9.10. The molecule has 0 spiro atoms. The van der Waals surface area contributed by atoms with Crippen molar-refractivity contribution in [2.75, 3.05) is 18.1 Å². The smallest absolute Gasteiger partial charge is 0.301 e. The number of ketones is 1. The van der Waals surface area contributed by atoms with Gasteiger partial charge >= 0.3 is 5.91 Å². The molecule has 3 heterocycles. The second-order valence-corrected chi connectivity index (χ2v) is 12.1. The Morgan fingerprint density at radius 3 is 2.51 bits per heavy atom. The first-order valence-electron chi connectivity index (χ1n) is 12.0. The minimum absolute atomic E-state index is 0.0217. The third kappa shape index (κ3) is 5.13. The SMILES string of the molecule is O=C1C(=O)N(c2nnc(SCc3ccccc3)s2)C(c2ccc(I)cc2)C1=C(O)c1ccc2c(c1)OCCO2. The second kappa shape index (κ2) is 11.0. The van der Waals surface area contributed by atoms with Crippen LogP contribution < -0.4 is 14.4 Å². The van der Waals surface area contributed by atoms with Crippen LogP contribution in [0.2, 0.25) is 0 Å². The molecular formula is C28H20IN3O5S2. The molecule has 1 amide bonds. The van der Waals surface area contributed by atoms with Crippen molar-refractivity contribution < 1.29 is 24.2 Å². The number of aliphatic hydroxyl groups excluding tert-OH is 1. The zero-order chi connectivity index (χ0) is 26.9. The van der Waals surface area contributed by atoms with Gasteiger partial charge in [0.2, 0.25) is 5.13 Å². The van der Waals surface area contributed by atoms with Gasteiger partial charge in [0.1, 0.15) is 19.0 Å². The van der Waals surface area contributed by atoms with E-state index in [1.807, 2.05) is 54.6 Å². The van der Waals surface area contributed by atoms with Crippen molar-refractivity contribution in [3.8, 4) is 11.5 Å². The number of nitrogens with zero attached hydrogens (tertiary/aromatic N) is 3. The summed E-state index contributed by atoms with van der Waals surface area (Å²) in [5.41, 5.74) is 2.14. The summed E-state index contributed by atoms with van der Waals surface area (Å²) in [6.45, 7) is 0.815. The van der Waals surface area contributed by atoms with Gasteiger partial charge in [-0.25, -0.2) is 0 Å². The Kier molecular flexibility index (Phi) is 7.28. The lowest BCUT2D eigenvalue weighted by Gasteiger charge is -2.23. The molecule has 0 saturated carbocycles. The number of halogens is 1. The molecule has 6 rings (SSSR count). The predicted molar refractivity (Wildman–Crippen MR) is 157 cm³/mol. The zero-order valence-electron chi connectivity index (χ0n) is 20.2. The van der Waals surface area contributed by atoms with E-state index in [1.165, 1.54) is 28.0 Å². The number of Topliss-reactive ketones (excluding diaryl/α,β-unsaturated/α-hetero) is 1. The average molecular weight is 670 g/mol. The van der Waals surface area contributed by atoms with E-state index in [0.29, 0.717) is 45.9 Å². The lowest BCUT2D eigenvalue weighted by Crippen LogP contribution is -2.29. The van der Waals surface area contributed by atoms with Gasteiger partial charge < -0.3 is 14.6 Å². The number of anilines is 1. The van der Waals surface area contributed by atoms with Gasteiger partial charge in [0, 0.05) is 14.9 Å². The van der Waals surface area contributed by atoms with Gasteiger partial charge in [-0.15, -0.1) is 10.2 Å². The number of hydrogen-bond donors (Lipinski definition) is 1. The molecule has 39 heavy (non-hydrogen) atoms. The van der Waals surface area contributed by atoms with Crippen molar-refractivity contribution in [1.82, 2.24) is 10.2 Å². The number of fused-ring (bicyclic) bond motifs is 1. The highest BCUT2D eigenvalue weighted by Gasteiger charge is 2.48. The summed E-state index contributed by atoms with van der Waals surface area (Å²) in [6.07, 6.45) is 0. The van der Waals surface area contributed by atoms with Gasteiger partial charge in [0.15, 0.2) is 15.8 Å². The molecule has 196 valence electrons. The van der Waals surface area contributed by atoms with Crippen LogP contribution in [0, 0.1) is 3.57 Å². The molecule has 0 radical (unpaired) electrons. The van der Waals surface area contributed by atoms with Crippen LogP contribution in [0.25, 0.3) is 5.76 Å². The first-order valence-corrected chi connectivity index (χ1v) is 14.8. The van der Waals surface area contributed by atoms with Crippen LogP contribution in [-0.2, 0) is 15.3 Å². The number of thioether (sulfide) groups is 1. The van der Waals surface area contributed by atoms with E-state index in [1.54, 1.807) is 18.2 Å². The first-order chi connectivity index (χ1) is 19.0. The summed E-state index contributed by atoms with van der Waals surface area (Å²) in [4.78, 5) is 28.2. The molecular weight excluding hydrogens is 649 g/mol. The molecule has 11 heteroatoms. The van der Waals surface area contributed by atoms with Crippen LogP contribution >= 0.6 is 45.7 Å². The number of hydrogen-bond acceptors (Lipinski definition) is 9. The van der Waals surface area contributed by atoms with Crippen LogP contribution in [0.3, 0.4) is 0 Å². The molecule has 0 bridgehead atoms. The predicted octanol–water partition coefficient (Wildman–Crippen LogP) is 5.83. The maximum absolute atomic E-state index is 13.4. The fraction of sp³-hybridized carbons (Fsp3) is 0.143. The molecule has 8 nitrogen and oxygen atoms in total. The van der Waals surface area contributed by atoms with E-state index in [0.717, 1.165) is 9.13 Å². The molecule has 2 aliphatic heterocycles. The number of amides is 1. The molecule has 1 saturated heterocycles. The Labute approximate surface area is 245 Å². The highest BCUT2D eigenvalue weighted by molar-refractivity contribution is 14.1. The Bertz CT molecular complexity index is 1590. The highest BCUT2D eigenvalue weighted by atomic mass is 127. The quantitative estimate of drug-likeness (QED) is 0.0684. The second-order valence-electron chi connectivity index (χ2n) is 8.70. The van der Waals surface area contributed by atoms with Gasteiger partial charge in [0.25, 0.3) is 5.78 Å². The first kappa shape index (κ1) is 25.8. The Morgan fingerprint density at radius 2 is 1.74 bits per heavy atom. The van der Waals surface area contributed by atoms with Crippen LogP contribution in [0.15, 0.2) is 82.7 Å². The van der Waals surface area contributed by atoms with Crippen molar-refractivity contribution >= 4 is 68.3 Å². The van der Waals surface area contributed by atoms with Crippen molar-refractivity contribution in [2.24, 2.45) is 0 Å². The van der Waals surface area contributed by atoms with E-state index < -0.39 is 17.7 Å². The van der Waals surface area contributed by atoms with E-state index in [2.05, 4.69) is 32.8 Å². The maximum Gasteiger partial charge on any atom is 0.301 e. The lowest BCUT2D eigenvalue weighted by atomic mass is 9.95. The molecule has 1 unspecified atom stereocenters. The van der Waals surface area contributed by atoms with Crippen LogP contribution in [-0.4, -0.2) is 40.2 Å². The molecule has 1 aromatic heterocycles. The summed E-state index contributed by atoms with van der Waals surface area (Å²) in [6, 6.07) is 21.5. The Balaban J connectivity index is 1.39. The van der Waals surface area contributed by atoms with E-state index >= 15 is 0 Å². The summed E-state index contributed by atoms with van der Waals surface area (Å²) < 4.78 is 12.9. The van der Waals surface area contributed by atoms with E-state index in [-0.39, 0.29) is 16.5 Å². The minimum atomic E-state index is -0.880. The van der Waals surface area contributed by atoms with Crippen molar-refractivity contribution in [3.05, 3.63) is 98.6 Å². The topological polar surface area (TPSA) is 102 Å². The standard InChI is InChI=1S/C28H20IN3O5S2/c29-19-9-6-17(7-10-19)23-22(24(33)18-8-11-20-21(14-18)37-13-12-36-20)25(34)26(35)32(23)27-30-31-28(39-27)38-15-16-4-2-1-3-5-16/h1-11,14,23,33H,12-13,15H2. The third-order valence-electron chi connectivity index (χ3n) is 6.25. The Morgan fingerprint density at radius 1 is 1.00 bits per heavy atom. The summed E-state index contributed by atoms with van der Waals surface area (Å²) in [5.74, 6) is -0.136. The Hall–Kier alpha value is -3.42. The minimum Gasteiger partial charge on any atom is -0.507 e. The van der Waals surface area contributed by atoms with Gasteiger partial charge in [-0.05, 0) is 64.0 Å². The van der Waals surface area contributed by atoms with E-state index in [9.17, 15) is 14.7 Å². The van der Waals surface area contributed by atoms with Gasteiger partial charge in [-0.2, -0.15) is 0 Å². The zero-order valence-corrected chi connectivity index (χ0v) is 24.0. The number of rotatable bonds is 6. The monoisotopic (exact) mass is 669 g/mol. The molecule has 4 aromatic rings. The van der Waals surface area contributed by atoms with Gasteiger partial charge in [0.05, 0.1) is 11.6 Å². The fourth-order valence-corrected chi connectivity index (χ4v) is 6.60. The van der Waals surface area contributed by atoms with Gasteiger partial charge in [-0.1, -0.05) is 65.6 Å². The van der Waals surface area contributed by atoms with E-state index in [4.69, 9.17) is 9.47 Å². The molecule has 2 aliphatic rings. The largest absolute Gasteiger partial charge is 0.507 e. The van der Waals surface area contributed by atoms with Gasteiger partial charge in [-0.3, -0.25) is 14.5 Å². The van der Waals surface area contributed by atoms with Crippen molar-refractivity contribution in [3.63, 3.8) is 0 Å². The number of benzene rings is 3. The normalized spacial score (nSPS) is 18.0. The average Bonchev–Trinajstić information content (AvgIpc) is 3.54. The number of aromatic nitrogens is 2.